The van der Waals surface area contributed by atoms with Gasteiger partial charge in [-0.1, -0.05) is 13.8 Å². The maximum absolute atomic E-state index is 11.6. The fourth-order valence-corrected chi connectivity index (χ4v) is 5.94. The van der Waals surface area contributed by atoms with E-state index in [1.54, 1.807) is 0 Å². The largest absolute Gasteiger partial charge is 0.344 e. The summed E-state index contributed by atoms with van der Waals surface area (Å²) >= 11 is 0. The van der Waals surface area contributed by atoms with Crippen molar-refractivity contribution in [3.05, 3.63) is 0 Å². The minimum Gasteiger partial charge on any atom is -0.344 e. The van der Waals surface area contributed by atoms with Crippen LogP contribution >= 0.6 is 7.37 Å². The normalized spacial score (nSPS) is 62.1. The van der Waals surface area contributed by atoms with Gasteiger partial charge in [-0.25, -0.2) is 0 Å². The highest BCUT2D eigenvalue weighted by Gasteiger charge is 2.57. The first-order valence-corrected chi connectivity index (χ1v) is 6.27. The molecule has 0 amide bonds. The molecule has 3 heteroatoms. The lowest BCUT2D eigenvalue weighted by Crippen LogP contribution is -2.52. The predicted molar refractivity (Wildman–Crippen MR) is 44.9 cm³/mol. The van der Waals surface area contributed by atoms with Crippen LogP contribution < -0.4 is 0 Å². The van der Waals surface area contributed by atoms with E-state index in [4.69, 9.17) is 0 Å². The van der Waals surface area contributed by atoms with E-state index in [0.717, 1.165) is 12.3 Å². The smallest absolute Gasteiger partial charge is 0.204 e. The van der Waals surface area contributed by atoms with Crippen LogP contribution in [0.4, 0.5) is 0 Å². The molecule has 0 aromatic heterocycles. The lowest BCUT2D eigenvalue weighted by atomic mass is 9.64. The maximum atomic E-state index is 11.6. The van der Waals surface area contributed by atoms with Gasteiger partial charge in [0.15, 0.2) is 0 Å². The Morgan fingerprint density at radius 3 is 2.18 bits per heavy atom. The third-order valence-corrected chi connectivity index (χ3v) is 6.45. The average molecular weight is 174 g/mol. The number of rotatable bonds is 0. The van der Waals surface area contributed by atoms with Crippen molar-refractivity contribution in [2.75, 3.05) is 6.16 Å². The minimum atomic E-state index is -2.72. The molecule has 3 aliphatic rings. The van der Waals surface area contributed by atoms with Crippen LogP contribution in [0.15, 0.2) is 0 Å². The first-order chi connectivity index (χ1) is 5.04. The second kappa shape index (κ2) is 2.11. The van der Waals surface area contributed by atoms with Gasteiger partial charge in [0.2, 0.25) is 7.37 Å². The van der Waals surface area contributed by atoms with Crippen molar-refractivity contribution in [2.45, 2.75) is 25.9 Å². The topological polar surface area (TPSA) is 37.3 Å². The van der Waals surface area contributed by atoms with Crippen LogP contribution in [-0.4, -0.2) is 16.7 Å². The molecule has 1 saturated carbocycles. The van der Waals surface area contributed by atoms with Crippen molar-refractivity contribution < 1.29 is 9.46 Å². The summed E-state index contributed by atoms with van der Waals surface area (Å²) < 4.78 is 11.6. The van der Waals surface area contributed by atoms with Crippen LogP contribution in [0.1, 0.15) is 20.3 Å². The molecular weight excluding hydrogens is 159 g/mol. The summed E-state index contributed by atoms with van der Waals surface area (Å²) in [5.41, 5.74) is 0.140. The molecule has 11 heavy (non-hydrogen) atoms. The molecule has 3 fully saturated rings. The third kappa shape index (κ3) is 0.860. The zero-order valence-corrected chi connectivity index (χ0v) is 7.92. The molecule has 3 rings (SSSR count). The molecule has 0 aromatic rings. The first-order valence-electron chi connectivity index (χ1n) is 4.35. The van der Waals surface area contributed by atoms with E-state index in [9.17, 15) is 9.46 Å². The van der Waals surface area contributed by atoms with E-state index >= 15 is 0 Å². The van der Waals surface area contributed by atoms with E-state index in [-0.39, 0.29) is 5.66 Å². The van der Waals surface area contributed by atoms with Gasteiger partial charge < -0.3 is 4.89 Å². The second-order valence-corrected chi connectivity index (χ2v) is 6.70. The fraction of sp³-hybridized carbons (Fsp3) is 1.00. The molecule has 2 heterocycles. The van der Waals surface area contributed by atoms with Crippen molar-refractivity contribution >= 4 is 7.37 Å². The van der Waals surface area contributed by atoms with Gasteiger partial charge >= 0.3 is 0 Å². The summed E-state index contributed by atoms with van der Waals surface area (Å²) in [5, 5.41) is 0. The molecule has 2 saturated heterocycles. The summed E-state index contributed by atoms with van der Waals surface area (Å²) in [7, 11) is -2.72. The molecule has 0 radical (unpaired) electrons. The predicted octanol–water partition coefficient (Wildman–Crippen LogP) is 1.93. The Bertz CT molecular complexity index is 216. The van der Waals surface area contributed by atoms with E-state index in [1.165, 1.54) is 0 Å². The van der Waals surface area contributed by atoms with Gasteiger partial charge in [-0.05, 0) is 24.2 Å². The molecule has 0 spiro atoms. The van der Waals surface area contributed by atoms with Crippen molar-refractivity contribution in [3.8, 4) is 0 Å². The van der Waals surface area contributed by atoms with Crippen LogP contribution in [0, 0.1) is 17.8 Å². The highest BCUT2D eigenvalue weighted by atomic mass is 31.2. The Labute approximate surface area is 67.5 Å². The Morgan fingerprint density at radius 2 is 1.91 bits per heavy atom. The molecule has 4 unspecified atom stereocenters. The van der Waals surface area contributed by atoms with E-state index in [0.29, 0.717) is 18.0 Å². The Morgan fingerprint density at radius 1 is 1.36 bits per heavy atom. The van der Waals surface area contributed by atoms with E-state index in [1.807, 2.05) is 0 Å². The van der Waals surface area contributed by atoms with E-state index < -0.39 is 7.37 Å². The van der Waals surface area contributed by atoms with Gasteiger partial charge in [0, 0.05) is 11.8 Å². The van der Waals surface area contributed by atoms with Crippen LogP contribution in [-0.2, 0) is 4.57 Å². The third-order valence-electron chi connectivity index (χ3n) is 3.68. The summed E-state index contributed by atoms with van der Waals surface area (Å²) in [6.07, 6.45) is 1.56. The molecule has 2 nitrogen and oxygen atoms in total. The van der Waals surface area contributed by atoms with Crippen LogP contribution in [0.3, 0.4) is 0 Å². The van der Waals surface area contributed by atoms with Crippen molar-refractivity contribution in [1.82, 2.24) is 0 Å². The Kier molecular flexibility index (Phi) is 1.50. The van der Waals surface area contributed by atoms with Crippen LogP contribution in [0.25, 0.3) is 0 Å². The molecule has 0 aromatic carbocycles. The Balaban J connectivity index is 2.27. The summed E-state index contributed by atoms with van der Waals surface area (Å²) in [6, 6.07) is 0. The summed E-state index contributed by atoms with van der Waals surface area (Å²) in [5.74, 6) is 1.76. The van der Waals surface area contributed by atoms with Gasteiger partial charge in [-0.15, -0.1) is 0 Å². The zero-order chi connectivity index (χ0) is 8.22. The molecule has 64 valence electrons. The molecular formula is C8H15O2P. The maximum Gasteiger partial charge on any atom is 0.204 e. The second-order valence-electron chi connectivity index (χ2n) is 4.14. The van der Waals surface area contributed by atoms with Gasteiger partial charge in [0.1, 0.15) is 0 Å². The van der Waals surface area contributed by atoms with Crippen LogP contribution in [0.5, 0.6) is 0 Å². The average Bonchev–Trinajstić information content (AvgIpc) is 1.85. The Hall–Kier alpha value is 0.190. The minimum absolute atomic E-state index is 0.140. The standard InChI is InChI=1S/C8H15O2P/c1-5-7-3-4-11(9,10)8(5)6(7)2/h5-8H,3-4H2,1-2H3,(H,9,10)/t5-,6?,7?,8?/m0/s1. The monoisotopic (exact) mass is 174 g/mol. The molecule has 1 N–H and O–H groups in total. The number of fused-ring (bicyclic) bond motifs is 2. The number of hydrogen-bond donors (Lipinski definition) is 1. The van der Waals surface area contributed by atoms with Gasteiger partial charge in [0.05, 0.1) is 0 Å². The van der Waals surface area contributed by atoms with Gasteiger partial charge in [-0.2, -0.15) is 0 Å². The molecule has 2 aliphatic heterocycles. The van der Waals surface area contributed by atoms with Gasteiger partial charge in [0.25, 0.3) is 0 Å². The van der Waals surface area contributed by atoms with Gasteiger partial charge in [-0.3, -0.25) is 4.57 Å². The van der Waals surface area contributed by atoms with Crippen molar-refractivity contribution in [2.24, 2.45) is 17.8 Å². The van der Waals surface area contributed by atoms with Crippen molar-refractivity contribution in [1.29, 1.82) is 0 Å². The molecule has 1 aliphatic carbocycles. The highest BCUT2D eigenvalue weighted by Crippen LogP contribution is 2.67. The van der Waals surface area contributed by atoms with Crippen LogP contribution in [0.2, 0.25) is 0 Å². The molecule has 2 bridgehead atoms. The SMILES string of the molecule is CC1C2CCP(=O)(O)C1[C@H]2C. The fourth-order valence-electron chi connectivity index (χ4n) is 3.06. The quantitative estimate of drug-likeness (QED) is 0.570. The van der Waals surface area contributed by atoms with E-state index in [2.05, 4.69) is 13.8 Å². The lowest BCUT2D eigenvalue weighted by molar-refractivity contribution is 0.0798. The van der Waals surface area contributed by atoms with Crippen molar-refractivity contribution in [3.63, 3.8) is 0 Å². The summed E-state index contributed by atoms with van der Waals surface area (Å²) in [4.78, 5) is 9.58. The summed E-state index contributed by atoms with van der Waals surface area (Å²) in [6.45, 7) is 4.24. The number of hydrogen-bond acceptors (Lipinski definition) is 1. The lowest BCUT2D eigenvalue weighted by Gasteiger charge is -2.55. The first kappa shape index (κ1) is 7.82. The zero-order valence-electron chi connectivity index (χ0n) is 7.03. The molecule has 5 atom stereocenters. The highest BCUT2D eigenvalue weighted by molar-refractivity contribution is 7.59.